The summed E-state index contributed by atoms with van der Waals surface area (Å²) in [6.07, 6.45) is 1.88. The fourth-order valence-electron chi connectivity index (χ4n) is 8.64. The molecular weight excluding hydrogens is 908 g/mol. The molecule has 0 aliphatic carbocycles. The molecule has 0 spiro atoms. The first-order chi connectivity index (χ1) is 28.3. The van der Waals surface area contributed by atoms with Gasteiger partial charge in [0.05, 0.1) is 16.6 Å². The van der Waals surface area contributed by atoms with Crippen LogP contribution in [0.1, 0.15) is 26.3 Å². The largest absolute Gasteiger partial charge is 2.00 e. The molecule has 0 saturated carbocycles. The zero-order valence-electron chi connectivity index (χ0n) is 32.5. The number of rotatable bonds is 4. The Labute approximate surface area is 354 Å². The topological polar surface area (TPSA) is 53.5 Å². The van der Waals surface area contributed by atoms with E-state index in [9.17, 15) is 0 Å². The Morgan fingerprint density at radius 1 is 0.525 bits per heavy atom. The maximum Gasteiger partial charge on any atom is 2.00 e. The minimum Gasteiger partial charge on any atom is -0.509 e. The van der Waals surface area contributed by atoms with Crippen LogP contribution in [0.5, 0.6) is 11.5 Å². The van der Waals surface area contributed by atoms with Crippen molar-refractivity contribution in [3.8, 4) is 23.0 Å². The van der Waals surface area contributed by atoms with Crippen molar-refractivity contribution in [2.24, 2.45) is 0 Å². The molecule has 4 aromatic heterocycles. The molecule has 0 N–H and O–H groups in total. The van der Waals surface area contributed by atoms with E-state index in [0.29, 0.717) is 17.2 Å². The summed E-state index contributed by atoms with van der Waals surface area (Å²) in [5, 5.41) is 8.48. The normalized spacial score (nSPS) is 11.9. The Balaban J connectivity index is 0.00000420. The molecule has 7 aromatic carbocycles. The van der Waals surface area contributed by atoms with Crippen molar-refractivity contribution in [2.45, 2.75) is 26.2 Å². The zero-order valence-corrected chi connectivity index (χ0v) is 34.8. The average molecular weight is 944 g/mol. The van der Waals surface area contributed by atoms with Crippen molar-refractivity contribution < 1.29 is 25.8 Å². The maximum atomic E-state index is 15.1. The van der Waals surface area contributed by atoms with Gasteiger partial charge in [0.25, 0.3) is 0 Å². The van der Waals surface area contributed by atoms with Crippen LogP contribution in [0.4, 0.5) is 0 Å². The number of ether oxygens (including phenoxy) is 1. The third-order valence-corrected chi connectivity index (χ3v) is 11.3. The van der Waals surface area contributed by atoms with E-state index in [1.54, 1.807) is 4.57 Å². The molecule has 0 atom stereocenters. The van der Waals surface area contributed by atoms with Crippen molar-refractivity contribution in [1.82, 2.24) is 18.5 Å². The second-order valence-corrected chi connectivity index (χ2v) is 15.8. The molecule has 0 aliphatic rings. The number of pyridine rings is 1. The third-order valence-electron chi connectivity index (χ3n) is 11.3. The number of fused-ring (bicyclic) bond motifs is 10. The SMILES string of the molecule is CC(C)(C)c1ccnc(-n2c3[c-]c(Oc4[c-]c(-n5c(=O)n6c7ccccc7c7ccccc7c7ccccc7c7cccc5c76)ccc4)ccc3c3ccccc32)c1.[Pt+2]. The summed E-state index contributed by atoms with van der Waals surface area (Å²) < 4.78 is 12.3. The molecule has 7 heteroatoms. The van der Waals surface area contributed by atoms with Crippen LogP contribution >= 0.6 is 0 Å². The van der Waals surface area contributed by atoms with E-state index in [0.717, 1.165) is 76.5 Å². The van der Waals surface area contributed by atoms with E-state index in [1.165, 1.54) is 5.56 Å². The second-order valence-electron chi connectivity index (χ2n) is 15.8. The smallest absolute Gasteiger partial charge is 0.509 e. The van der Waals surface area contributed by atoms with Gasteiger partial charge in [-0.1, -0.05) is 129 Å². The molecule has 0 amide bonds. The van der Waals surface area contributed by atoms with E-state index in [4.69, 9.17) is 9.72 Å². The number of para-hydroxylation sites is 3. The number of hydrogen-bond donors (Lipinski definition) is 0. The summed E-state index contributed by atoms with van der Waals surface area (Å²) in [5.74, 6) is 1.82. The van der Waals surface area contributed by atoms with Gasteiger partial charge in [-0.3, -0.25) is 8.97 Å². The summed E-state index contributed by atoms with van der Waals surface area (Å²) in [6.45, 7) is 6.63. The molecule has 286 valence electrons. The Hall–Kier alpha value is -6.75. The van der Waals surface area contributed by atoms with E-state index in [1.807, 2.05) is 71.3 Å². The molecule has 0 saturated heterocycles. The van der Waals surface area contributed by atoms with Gasteiger partial charge < -0.3 is 9.30 Å². The fraction of sp³-hybridized carbons (Fsp3) is 0.0769. The van der Waals surface area contributed by atoms with Gasteiger partial charge >= 0.3 is 26.8 Å². The summed E-state index contributed by atoms with van der Waals surface area (Å²) in [5.41, 5.74) is 5.86. The summed E-state index contributed by atoms with van der Waals surface area (Å²) >= 11 is 0. The first-order valence-electron chi connectivity index (χ1n) is 19.5. The van der Waals surface area contributed by atoms with Crippen molar-refractivity contribution in [3.63, 3.8) is 0 Å². The number of nitrogens with zero attached hydrogens (tertiary/aromatic N) is 4. The van der Waals surface area contributed by atoms with Gasteiger partial charge in [0.2, 0.25) is 0 Å². The summed E-state index contributed by atoms with van der Waals surface area (Å²) in [4.78, 5) is 19.9. The quantitative estimate of drug-likeness (QED) is 0.165. The van der Waals surface area contributed by atoms with Gasteiger partial charge in [-0.2, -0.15) is 12.1 Å². The van der Waals surface area contributed by atoms with Crippen molar-refractivity contribution in [2.75, 3.05) is 0 Å². The first-order valence-corrected chi connectivity index (χ1v) is 19.5. The first kappa shape index (κ1) is 36.6. The van der Waals surface area contributed by atoms with Gasteiger partial charge in [-0.05, 0) is 68.2 Å². The van der Waals surface area contributed by atoms with E-state index in [2.05, 4.69) is 135 Å². The van der Waals surface area contributed by atoms with Crippen LogP contribution in [0.3, 0.4) is 0 Å². The van der Waals surface area contributed by atoms with E-state index >= 15 is 4.79 Å². The Morgan fingerprint density at radius 3 is 1.80 bits per heavy atom. The third kappa shape index (κ3) is 5.81. The van der Waals surface area contributed by atoms with E-state index in [-0.39, 0.29) is 32.2 Å². The van der Waals surface area contributed by atoms with Crippen molar-refractivity contribution >= 4 is 70.7 Å². The average Bonchev–Trinajstić information content (AvgIpc) is 3.75. The van der Waals surface area contributed by atoms with Gasteiger partial charge in [-0.15, -0.1) is 35.7 Å². The van der Waals surface area contributed by atoms with Crippen molar-refractivity contribution in [1.29, 1.82) is 0 Å². The minimum absolute atomic E-state index is 0. The molecule has 0 aliphatic heterocycles. The van der Waals surface area contributed by atoms with Crippen LogP contribution in [0, 0.1) is 12.1 Å². The molecule has 0 radical (unpaired) electrons. The molecule has 11 rings (SSSR count). The molecule has 0 bridgehead atoms. The summed E-state index contributed by atoms with van der Waals surface area (Å²) in [6, 6.07) is 60.5. The van der Waals surface area contributed by atoms with Gasteiger partial charge in [0.1, 0.15) is 5.82 Å². The zero-order chi connectivity index (χ0) is 39.1. The molecule has 6 nitrogen and oxygen atoms in total. The molecule has 11 aromatic rings. The second kappa shape index (κ2) is 14.0. The van der Waals surface area contributed by atoms with Crippen LogP contribution in [0.25, 0.3) is 82.2 Å². The Kier molecular flexibility index (Phi) is 8.66. The predicted octanol–water partition coefficient (Wildman–Crippen LogP) is 12.4. The maximum absolute atomic E-state index is 15.1. The monoisotopic (exact) mass is 943 g/mol. The van der Waals surface area contributed by atoms with Crippen LogP contribution in [-0.4, -0.2) is 18.5 Å². The number of aromatic nitrogens is 4. The van der Waals surface area contributed by atoms with Gasteiger partial charge in [-0.25, -0.2) is 9.78 Å². The van der Waals surface area contributed by atoms with E-state index < -0.39 is 0 Å². The Morgan fingerprint density at radius 2 is 1.08 bits per heavy atom. The van der Waals surface area contributed by atoms with Gasteiger partial charge in [0.15, 0.2) is 0 Å². The van der Waals surface area contributed by atoms with Crippen molar-refractivity contribution in [3.05, 3.63) is 192 Å². The molecule has 4 heterocycles. The van der Waals surface area contributed by atoms with Crippen LogP contribution in [0.2, 0.25) is 0 Å². The van der Waals surface area contributed by atoms with Crippen LogP contribution in [0.15, 0.2) is 169 Å². The molecule has 59 heavy (non-hydrogen) atoms. The summed E-state index contributed by atoms with van der Waals surface area (Å²) in [7, 11) is 0. The number of benzene rings is 7. The number of hydrogen-bond acceptors (Lipinski definition) is 3. The standard InChI is InChI=1S/C52H36N4O2.Pt/c1-52(2,3)33-28-29-53-49(30-33)55-45-23-10-9-21-42(45)43-27-26-36(32-48(43)55)58-35-15-12-14-34(31-35)54-47-25-13-22-44-40-19-7-5-17-38(40)37-16-4-6-18-39(37)41-20-8-11-24-46(41)56(50(44)47)51(54)57;/h4-30H,1-3H3;/q-2;+2. The van der Waals surface area contributed by atoms with Crippen LogP contribution in [-0.2, 0) is 26.5 Å². The molecule has 0 unspecified atom stereocenters. The molecular formula is C52H36N4O2Pt. The molecule has 0 fully saturated rings. The number of imidazole rings is 1. The predicted molar refractivity (Wildman–Crippen MR) is 237 cm³/mol. The van der Waals surface area contributed by atoms with Crippen LogP contribution < -0.4 is 10.4 Å². The van der Waals surface area contributed by atoms with Gasteiger partial charge in [0, 0.05) is 34.0 Å². The minimum atomic E-state index is -0.192. The Bertz CT molecular complexity index is 3570. The fourth-order valence-corrected chi connectivity index (χ4v) is 8.64.